The first-order valence-electron chi connectivity index (χ1n) is 7.25. The minimum absolute atomic E-state index is 0.221. The summed E-state index contributed by atoms with van der Waals surface area (Å²) in [6.45, 7) is 2.04. The van der Waals surface area contributed by atoms with Crippen molar-refractivity contribution in [1.82, 2.24) is 0 Å². The monoisotopic (exact) mass is 247 g/mol. The standard InChI is InChI=1S/C16H25NO/c1-13(17)12-14-8-10-16(11-9-14)18-15-6-4-2-3-5-7-15/h8-11,13,15H,2-7,12,17H2,1H3. The number of ether oxygens (including phenoxy) is 1. The van der Waals surface area contributed by atoms with Crippen LogP contribution in [0.1, 0.15) is 51.0 Å². The van der Waals surface area contributed by atoms with Crippen LogP contribution in [-0.2, 0) is 6.42 Å². The van der Waals surface area contributed by atoms with Crippen LogP contribution in [0, 0.1) is 0 Å². The first kappa shape index (κ1) is 13.4. The lowest BCUT2D eigenvalue weighted by atomic mass is 10.1. The average molecular weight is 247 g/mol. The summed E-state index contributed by atoms with van der Waals surface area (Å²) < 4.78 is 6.06. The van der Waals surface area contributed by atoms with E-state index in [2.05, 4.69) is 24.3 Å². The smallest absolute Gasteiger partial charge is 0.119 e. The summed E-state index contributed by atoms with van der Waals surface area (Å²) in [5, 5.41) is 0. The molecular formula is C16H25NO. The van der Waals surface area contributed by atoms with Gasteiger partial charge in [-0.3, -0.25) is 0 Å². The zero-order chi connectivity index (χ0) is 12.8. The van der Waals surface area contributed by atoms with Crippen molar-refractivity contribution in [2.24, 2.45) is 5.73 Å². The van der Waals surface area contributed by atoms with Crippen molar-refractivity contribution in [2.75, 3.05) is 0 Å². The molecule has 0 heterocycles. The van der Waals surface area contributed by atoms with E-state index < -0.39 is 0 Å². The highest BCUT2D eigenvalue weighted by molar-refractivity contribution is 5.27. The molecule has 2 N–H and O–H groups in total. The second-order valence-electron chi connectivity index (χ2n) is 5.56. The van der Waals surface area contributed by atoms with Gasteiger partial charge in [0, 0.05) is 6.04 Å². The molecule has 0 saturated heterocycles. The van der Waals surface area contributed by atoms with E-state index in [1.54, 1.807) is 0 Å². The van der Waals surface area contributed by atoms with E-state index in [0.29, 0.717) is 6.10 Å². The van der Waals surface area contributed by atoms with Gasteiger partial charge >= 0.3 is 0 Å². The molecule has 1 unspecified atom stereocenters. The summed E-state index contributed by atoms with van der Waals surface area (Å²) in [6, 6.07) is 8.66. The van der Waals surface area contributed by atoms with Gasteiger partial charge in [-0.25, -0.2) is 0 Å². The Labute approximate surface area is 111 Å². The maximum atomic E-state index is 6.06. The van der Waals surface area contributed by atoms with Gasteiger partial charge in [0.05, 0.1) is 6.10 Å². The maximum Gasteiger partial charge on any atom is 0.119 e. The number of rotatable bonds is 4. The van der Waals surface area contributed by atoms with E-state index in [0.717, 1.165) is 12.2 Å². The predicted molar refractivity (Wildman–Crippen MR) is 75.9 cm³/mol. The van der Waals surface area contributed by atoms with E-state index in [1.807, 2.05) is 6.92 Å². The minimum atomic E-state index is 0.221. The fourth-order valence-corrected chi connectivity index (χ4v) is 2.63. The topological polar surface area (TPSA) is 35.2 Å². The molecule has 1 aliphatic carbocycles. The summed E-state index contributed by atoms with van der Waals surface area (Å²) >= 11 is 0. The fraction of sp³-hybridized carbons (Fsp3) is 0.625. The summed E-state index contributed by atoms with van der Waals surface area (Å²) in [5.74, 6) is 1.01. The maximum absolute atomic E-state index is 6.06. The molecule has 1 fully saturated rings. The van der Waals surface area contributed by atoms with Crippen molar-refractivity contribution in [3.05, 3.63) is 29.8 Å². The normalized spacial score (nSPS) is 19.2. The van der Waals surface area contributed by atoms with Gasteiger partial charge < -0.3 is 10.5 Å². The first-order chi connectivity index (χ1) is 8.74. The third kappa shape index (κ3) is 4.34. The van der Waals surface area contributed by atoms with Crippen molar-refractivity contribution >= 4 is 0 Å². The Kier molecular flexibility index (Phi) is 5.06. The third-order valence-corrected chi connectivity index (χ3v) is 3.59. The van der Waals surface area contributed by atoms with Crippen LogP contribution in [0.5, 0.6) is 5.75 Å². The number of hydrogen-bond donors (Lipinski definition) is 1. The van der Waals surface area contributed by atoms with Gasteiger partial charge in [-0.2, -0.15) is 0 Å². The Bertz CT molecular complexity index is 337. The zero-order valence-corrected chi connectivity index (χ0v) is 11.4. The molecule has 0 aromatic heterocycles. The van der Waals surface area contributed by atoms with Gasteiger partial charge in [0.25, 0.3) is 0 Å². The molecule has 0 amide bonds. The molecule has 0 bridgehead atoms. The lowest BCUT2D eigenvalue weighted by Gasteiger charge is -2.17. The minimum Gasteiger partial charge on any atom is -0.490 e. The van der Waals surface area contributed by atoms with E-state index in [-0.39, 0.29) is 6.04 Å². The van der Waals surface area contributed by atoms with Crippen molar-refractivity contribution in [2.45, 2.75) is 64.0 Å². The van der Waals surface area contributed by atoms with Crippen molar-refractivity contribution in [1.29, 1.82) is 0 Å². The molecule has 1 saturated carbocycles. The molecular weight excluding hydrogens is 222 g/mol. The molecule has 2 heteroatoms. The Morgan fingerprint density at radius 1 is 1.11 bits per heavy atom. The van der Waals surface area contributed by atoms with Crippen LogP contribution in [0.3, 0.4) is 0 Å². The summed E-state index contributed by atoms with van der Waals surface area (Å²) in [4.78, 5) is 0. The van der Waals surface area contributed by atoms with Gasteiger partial charge in [-0.05, 0) is 56.7 Å². The van der Waals surface area contributed by atoms with Crippen LogP contribution in [0.4, 0.5) is 0 Å². The molecule has 2 nitrogen and oxygen atoms in total. The molecule has 1 aliphatic rings. The summed E-state index contributed by atoms with van der Waals surface area (Å²) in [6.07, 6.45) is 9.14. The Hall–Kier alpha value is -1.02. The van der Waals surface area contributed by atoms with E-state index >= 15 is 0 Å². The van der Waals surface area contributed by atoms with Gasteiger partial charge in [-0.1, -0.05) is 25.0 Å². The van der Waals surface area contributed by atoms with Crippen molar-refractivity contribution in [3.8, 4) is 5.75 Å². The lowest BCUT2D eigenvalue weighted by molar-refractivity contribution is 0.183. The Balaban J connectivity index is 1.88. The van der Waals surface area contributed by atoms with E-state index in [4.69, 9.17) is 10.5 Å². The predicted octanol–water partition coefficient (Wildman–Crippen LogP) is 3.68. The molecule has 2 rings (SSSR count). The van der Waals surface area contributed by atoms with Gasteiger partial charge in [-0.15, -0.1) is 0 Å². The molecule has 0 spiro atoms. The van der Waals surface area contributed by atoms with Crippen LogP contribution in [-0.4, -0.2) is 12.1 Å². The number of hydrogen-bond acceptors (Lipinski definition) is 2. The zero-order valence-electron chi connectivity index (χ0n) is 11.4. The van der Waals surface area contributed by atoms with Crippen molar-refractivity contribution in [3.63, 3.8) is 0 Å². The molecule has 1 aromatic carbocycles. The van der Waals surface area contributed by atoms with Crippen LogP contribution in [0.25, 0.3) is 0 Å². The van der Waals surface area contributed by atoms with Gasteiger partial charge in [0.15, 0.2) is 0 Å². The van der Waals surface area contributed by atoms with Crippen LogP contribution < -0.4 is 10.5 Å². The second kappa shape index (κ2) is 6.79. The highest BCUT2D eigenvalue weighted by Crippen LogP contribution is 2.23. The molecule has 0 radical (unpaired) electrons. The third-order valence-electron chi connectivity index (χ3n) is 3.59. The highest BCUT2D eigenvalue weighted by Gasteiger charge is 2.13. The van der Waals surface area contributed by atoms with Crippen LogP contribution >= 0.6 is 0 Å². The molecule has 0 aliphatic heterocycles. The summed E-state index contributed by atoms with van der Waals surface area (Å²) in [7, 11) is 0. The SMILES string of the molecule is CC(N)Cc1ccc(OC2CCCCCC2)cc1. The number of benzene rings is 1. The van der Waals surface area contributed by atoms with Gasteiger partial charge in [0.1, 0.15) is 5.75 Å². The molecule has 100 valence electrons. The van der Waals surface area contributed by atoms with Crippen LogP contribution in [0.15, 0.2) is 24.3 Å². The van der Waals surface area contributed by atoms with Crippen LogP contribution in [0.2, 0.25) is 0 Å². The fourth-order valence-electron chi connectivity index (χ4n) is 2.63. The molecule has 1 aromatic rings. The molecule has 18 heavy (non-hydrogen) atoms. The first-order valence-corrected chi connectivity index (χ1v) is 7.25. The highest BCUT2D eigenvalue weighted by atomic mass is 16.5. The van der Waals surface area contributed by atoms with E-state index in [1.165, 1.54) is 44.1 Å². The lowest BCUT2D eigenvalue weighted by Crippen LogP contribution is -2.18. The van der Waals surface area contributed by atoms with E-state index in [9.17, 15) is 0 Å². The Morgan fingerprint density at radius 2 is 1.72 bits per heavy atom. The quantitative estimate of drug-likeness (QED) is 0.824. The number of nitrogens with two attached hydrogens (primary N) is 1. The summed E-state index contributed by atoms with van der Waals surface area (Å²) in [5.41, 5.74) is 7.09. The largest absolute Gasteiger partial charge is 0.490 e. The Morgan fingerprint density at radius 3 is 2.28 bits per heavy atom. The second-order valence-corrected chi connectivity index (χ2v) is 5.56. The van der Waals surface area contributed by atoms with Gasteiger partial charge in [0.2, 0.25) is 0 Å². The molecule has 1 atom stereocenters. The van der Waals surface area contributed by atoms with Crippen molar-refractivity contribution < 1.29 is 4.74 Å². The average Bonchev–Trinajstić information content (AvgIpc) is 2.60.